The number of hydrogen-bond acceptors (Lipinski definition) is 4. The van der Waals surface area contributed by atoms with E-state index in [-0.39, 0.29) is 6.09 Å². The summed E-state index contributed by atoms with van der Waals surface area (Å²) in [6.45, 7) is 1.82. The maximum Gasteiger partial charge on any atom is 0.414 e. The van der Waals surface area contributed by atoms with Gasteiger partial charge >= 0.3 is 6.09 Å². The van der Waals surface area contributed by atoms with E-state index in [1.165, 1.54) is 0 Å². The van der Waals surface area contributed by atoms with Gasteiger partial charge in [-0.2, -0.15) is 0 Å². The highest BCUT2D eigenvalue weighted by Crippen LogP contribution is 2.35. The fourth-order valence-electron chi connectivity index (χ4n) is 2.20. The summed E-state index contributed by atoms with van der Waals surface area (Å²) in [5.41, 5.74) is 1.71. The van der Waals surface area contributed by atoms with E-state index in [0.717, 1.165) is 24.3 Å². The number of amides is 1. The van der Waals surface area contributed by atoms with Crippen molar-refractivity contribution in [1.29, 1.82) is 0 Å². The lowest BCUT2D eigenvalue weighted by molar-refractivity contribution is 0.113. The van der Waals surface area contributed by atoms with E-state index in [9.17, 15) is 9.90 Å². The summed E-state index contributed by atoms with van der Waals surface area (Å²) in [5, 5.41) is 9.69. The quantitative estimate of drug-likeness (QED) is 0.834. The second-order valence-electron chi connectivity index (χ2n) is 4.22. The maximum absolute atomic E-state index is 11.6. The van der Waals surface area contributed by atoms with E-state index in [1.807, 2.05) is 29.2 Å². The van der Waals surface area contributed by atoms with E-state index in [0.29, 0.717) is 13.2 Å². The average Bonchev–Trinajstić information content (AvgIpc) is 2.74. The molecule has 1 unspecified atom stereocenters. The van der Waals surface area contributed by atoms with Crippen molar-refractivity contribution in [3.8, 4) is 0 Å². The van der Waals surface area contributed by atoms with Gasteiger partial charge in [0.15, 0.2) is 0 Å². The Bertz CT molecular complexity index is 449. The summed E-state index contributed by atoms with van der Waals surface area (Å²) in [4.78, 5) is 15.1. The molecule has 5 heteroatoms. The van der Waals surface area contributed by atoms with Gasteiger partial charge in [-0.3, -0.25) is 4.90 Å². The van der Waals surface area contributed by atoms with Crippen LogP contribution in [0.3, 0.4) is 0 Å². The third-order valence-electron chi connectivity index (χ3n) is 3.23. The summed E-state index contributed by atoms with van der Waals surface area (Å²) in [6.07, 6.45) is 0.0286. The number of carbonyl (C=O) groups is 1. The molecule has 0 bridgehead atoms. The zero-order valence-electron chi connectivity index (χ0n) is 9.37. The van der Waals surface area contributed by atoms with E-state index in [4.69, 9.17) is 4.74 Å². The Morgan fingerprint density at radius 2 is 2.00 bits per heavy atom. The minimum atomic E-state index is -0.435. The van der Waals surface area contributed by atoms with Crippen LogP contribution in [0.15, 0.2) is 24.3 Å². The van der Waals surface area contributed by atoms with Gasteiger partial charge in [0.1, 0.15) is 12.8 Å². The molecule has 1 atom stereocenters. The smallest absolute Gasteiger partial charge is 0.414 e. The summed E-state index contributed by atoms with van der Waals surface area (Å²) in [7, 11) is 0. The Morgan fingerprint density at radius 3 is 2.53 bits per heavy atom. The summed E-state index contributed by atoms with van der Waals surface area (Å²) in [6, 6.07) is 7.60. The maximum atomic E-state index is 11.6. The van der Waals surface area contributed by atoms with Crippen molar-refractivity contribution in [3.63, 3.8) is 0 Å². The predicted octanol–water partition coefficient (Wildman–Crippen LogP) is 1.17. The molecule has 2 heterocycles. The fraction of sp³-hybridized carbons (Fsp3) is 0.417. The Hall–Kier alpha value is -1.75. The number of rotatable bonds is 2. The van der Waals surface area contributed by atoms with Crippen LogP contribution in [-0.4, -0.2) is 37.1 Å². The van der Waals surface area contributed by atoms with E-state index >= 15 is 0 Å². The molecule has 0 radical (unpaired) electrons. The molecule has 2 aliphatic rings. The highest BCUT2D eigenvalue weighted by atomic mass is 16.6. The van der Waals surface area contributed by atoms with Crippen LogP contribution in [0, 0.1) is 0 Å². The summed E-state index contributed by atoms with van der Waals surface area (Å²) >= 11 is 0. The molecule has 0 spiro atoms. The van der Waals surface area contributed by atoms with Gasteiger partial charge in [-0.05, 0) is 12.1 Å². The van der Waals surface area contributed by atoms with Crippen LogP contribution in [0.25, 0.3) is 0 Å². The largest absolute Gasteiger partial charge is 0.447 e. The third kappa shape index (κ3) is 1.63. The first-order valence-corrected chi connectivity index (χ1v) is 5.75. The Labute approximate surface area is 99.2 Å². The lowest BCUT2D eigenvalue weighted by Crippen LogP contribution is -2.48. The van der Waals surface area contributed by atoms with Crippen LogP contribution >= 0.6 is 0 Å². The number of anilines is 2. The molecule has 0 aliphatic carbocycles. The van der Waals surface area contributed by atoms with Crippen LogP contribution in [0.5, 0.6) is 0 Å². The van der Waals surface area contributed by atoms with Crippen molar-refractivity contribution in [1.82, 2.24) is 0 Å². The van der Waals surface area contributed by atoms with Crippen molar-refractivity contribution < 1.29 is 14.6 Å². The molecule has 2 aliphatic heterocycles. The van der Waals surface area contributed by atoms with E-state index in [2.05, 4.69) is 0 Å². The van der Waals surface area contributed by atoms with Crippen molar-refractivity contribution in [2.45, 2.75) is 12.6 Å². The first-order chi connectivity index (χ1) is 8.27. The molecule has 3 rings (SSSR count). The first kappa shape index (κ1) is 10.4. The van der Waals surface area contributed by atoms with Gasteiger partial charge in [0, 0.05) is 13.0 Å². The van der Waals surface area contributed by atoms with Crippen LogP contribution < -0.4 is 9.80 Å². The topological polar surface area (TPSA) is 53.0 Å². The number of hydrogen-bond donors (Lipinski definition) is 1. The van der Waals surface area contributed by atoms with Gasteiger partial charge in [-0.15, -0.1) is 0 Å². The van der Waals surface area contributed by atoms with Crippen molar-refractivity contribution in [2.75, 3.05) is 29.5 Å². The Balaban J connectivity index is 1.95. The minimum absolute atomic E-state index is 0.313. The van der Waals surface area contributed by atoms with E-state index < -0.39 is 6.23 Å². The second kappa shape index (κ2) is 3.92. The van der Waals surface area contributed by atoms with Crippen LogP contribution in [0.2, 0.25) is 0 Å². The lowest BCUT2D eigenvalue weighted by atomic mass is 10.1. The molecule has 17 heavy (non-hydrogen) atoms. The van der Waals surface area contributed by atoms with Gasteiger partial charge in [0.2, 0.25) is 0 Å². The molecule has 90 valence electrons. The number of aliphatic hydroxyl groups excluding tert-OH is 1. The van der Waals surface area contributed by atoms with Crippen LogP contribution in [0.1, 0.15) is 6.42 Å². The predicted molar refractivity (Wildman–Crippen MR) is 63.1 cm³/mol. The second-order valence-corrected chi connectivity index (χ2v) is 4.22. The highest BCUT2D eigenvalue weighted by molar-refractivity contribution is 5.93. The van der Waals surface area contributed by atoms with Gasteiger partial charge < -0.3 is 14.7 Å². The summed E-state index contributed by atoms with van der Waals surface area (Å²) < 4.78 is 4.94. The molecule has 1 N–H and O–H groups in total. The van der Waals surface area contributed by atoms with Gasteiger partial charge in [0.05, 0.1) is 17.9 Å². The van der Waals surface area contributed by atoms with Crippen LogP contribution in [-0.2, 0) is 4.74 Å². The fourth-order valence-corrected chi connectivity index (χ4v) is 2.20. The number of carbonyl (C=O) groups excluding carboxylic acids is 1. The van der Waals surface area contributed by atoms with Crippen molar-refractivity contribution >= 4 is 17.5 Å². The number of ether oxygens (including phenoxy) is 1. The van der Waals surface area contributed by atoms with Gasteiger partial charge in [-0.25, -0.2) is 4.79 Å². The molecule has 5 nitrogen and oxygen atoms in total. The molecule has 1 aromatic carbocycles. The monoisotopic (exact) mass is 234 g/mol. The molecule has 2 fully saturated rings. The first-order valence-electron chi connectivity index (χ1n) is 5.75. The number of benzene rings is 1. The minimum Gasteiger partial charge on any atom is -0.447 e. The Morgan fingerprint density at radius 1 is 1.24 bits per heavy atom. The molecular weight excluding hydrogens is 220 g/mol. The van der Waals surface area contributed by atoms with Crippen molar-refractivity contribution in [3.05, 3.63) is 24.3 Å². The lowest BCUT2D eigenvalue weighted by Gasteiger charge is -2.40. The molecule has 1 amide bonds. The van der Waals surface area contributed by atoms with Gasteiger partial charge in [0.25, 0.3) is 0 Å². The SMILES string of the molecule is O=C1OCCN1c1ccccc1N1CCC1O. The van der Waals surface area contributed by atoms with Crippen LogP contribution in [0.4, 0.5) is 16.2 Å². The number of para-hydroxylation sites is 2. The average molecular weight is 234 g/mol. The summed E-state index contributed by atoms with van der Waals surface area (Å²) in [5.74, 6) is 0. The number of cyclic esters (lactones) is 1. The highest BCUT2D eigenvalue weighted by Gasteiger charge is 2.31. The zero-order chi connectivity index (χ0) is 11.8. The third-order valence-corrected chi connectivity index (χ3v) is 3.23. The Kier molecular flexibility index (Phi) is 2.40. The molecule has 0 aromatic heterocycles. The van der Waals surface area contributed by atoms with E-state index in [1.54, 1.807) is 4.90 Å². The molecule has 2 saturated heterocycles. The van der Waals surface area contributed by atoms with Crippen molar-refractivity contribution in [2.24, 2.45) is 0 Å². The normalized spacial score (nSPS) is 23.6. The molecular formula is C12H14N2O3. The number of aliphatic hydroxyl groups is 1. The molecule has 0 saturated carbocycles. The standard InChI is InChI=1S/C12H14N2O3/c15-11-5-6-13(11)9-3-1-2-4-10(9)14-7-8-17-12(14)16/h1-4,11,15H,5-8H2. The zero-order valence-corrected chi connectivity index (χ0v) is 9.37. The molecule has 1 aromatic rings. The van der Waals surface area contributed by atoms with Gasteiger partial charge in [-0.1, -0.05) is 12.1 Å². The number of nitrogens with zero attached hydrogens (tertiary/aromatic N) is 2.